The minimum atomic E-state index is -0.644. The molecule has 2 nitrogen and oxygen atoms in total. The van der Waals surface area contributed by atoms with Crippen molar-refractivity contribution in [2.75, 3.05) is 0 Å². The summed E-state index contributed by atoms with van der Waals surface area (Å²) in [6, 6.07) is 4.35. The Morgan fingerprint density at radius 3 is 2.42 bits per heavy atom. The fourth-order valence-electron chi connectivity index (χ4n) is 3.10. The third-order valence-corrected chi connectivity index (χ3v) is 3.85. The van der Waals surface area contributed by atoms with E-state index in [4.69, 9.17) is 4.74 Å². The van der Waals surface area contributed by atoms with Crippen LogP contribution < -0.4 is 4.74 Å². The summed E-state index contributed by atoms with van der Waals surface area (Å²) in [5.74, 6) is 1.44. The average molecular weight is 266 g/mol. The van der Waals surface area contributed by atoms with Crippen molar-refractivity contribution in [2.45, 2.75) is 52.2 Å². The van der Waals surface area contributed by atoms with Gasteiger partial charge in [-0.1, -0.05) is 13.8 Å². The largest absolute Gasteiger partial charge is 0.490 e. The highest BCUT2D eigenvalue weighted by molar-refractivity contribution is 5.35. The molecule has 0 heterocycles. The first kappa shape index (κ1) is 14.3. The highest BCUT2D eigenvalue weighted by atomic mass is 19.1. The zero-order chi connectivity index (χ0) is 14.0. The van der Waals surface area contributed by atoms with Crippen LogP contribution >= 0.6 is 0 Å². The number of halogens is 1. The molecule has 0 amide bonds. The van der Waals surface area contributed by atoms with Crippen molar-refractivity contribution >= 4 is 0 Å². The van der Waals surface area contributed by atoms with E-state index in [9.17, 15) is 9.50 Å². The van der Waals surface area contributed by atoms with Gasteiger partial charge in [-0.3, -0.25) is 0 Å². The molecule has 1 fully saturated rings. The summed E-state index contributed by atoms with van der Waals surface area (Å²) < 4.78 is 19.3. The van der Waals surface area contributed by atoms with Crippen molar-refractivity contribution in [1.29, 1.82) is 0 Å². The molecule has 0 radical (unpaired) electrons. The lowest BCUT2D eigenvalue weighted by molar-refractivity contribution is 0.0956. The van der Waals surface area contributed by atoms with Crippen LogP contribution in [0.4, 0.5) is 4.39 Å². The average Bonchev–Trinajstić information content (AvgIpc) is 2.26. The van der Waals surface area contributed by atoms with Gasteiger partial charge in [0.05, 0.1) is 12.2 Å². The molecule has 0 aliphatic heterocycles. The molecule has 1 aromatic rings. The number of hydrogen-bond donors (Lipinski definition) is 1. The monoisotopic (exact) mass is 266 g/mol. The molecule has 0 bridgehead atoms. The second-order valence-electron chi connectivity index (χ2n) is 6.02. The number of ether oxygens (including phenoxy) is 1. The topological polar surface area (TPSA) is 29.5 Å². The molecule has 0 aromatic heterocycles. The highest BCUT2D eigenvalue weighted by Gasteiger charge is 2.26. The van der Waals surface area contributed by atoms with Crippen LogP contribution in [0.1, 0.15) is 51.7 Å². The maximum Gasteiger partial charge on any atom is 0.128 e. The molecule has 3 atom stereocenters. The van der Waals surface area contributed by atoms with Crippen molar-refractivity contribution in [1.82, 2.24) is 0 Å². The second-order valence-corrected chi connectivity index (χ2v) is 6.02. The fourth-order valence-corrected chi connectivity index (χ4v) is 3.10. The lowest BCUT2D eigenvalue weighted by atomic mass is 9.82. The summed E-state index contributed by atoms with van der Waals surface area (Å²) in [5, 5.41) is 9.73. The first-order valence-electron chi connectivity index (χ1n) is 7.10. The Morgan fingerprint density at radius 2 is 1.84 bits per heavy atom. The van der Waals surface area contributed by atoms with E-state index < -0.39 is 6.10 Å². The number of hydrogen-bond acceptors (Lipinski definition) is 2. The number of aliphatic hydroxyl groups excluding tert-OH is 1. The molecule has 0 spiro atoms. The molecule has 106 valence electrons. The molecule has 3 heteroatoms. The Hall–Kier alpha value is -1.09. The predicted octanol–water partition coefficient (Wildman–Crippen LogP) is 4.08. The number of benzene rings is 1. The summed E-state index contributed by atoms with van der Waals surface area (Å²) in [4.78, 5) is 0. The van der Waals surface area contributed by atoms with Crippen LogP contribution in [0.2, 0.25) is 0 Å². The summed E-state index contributed by atoms with van der Waals surface area (Å²) in [5.41, 5.74) is 0.660. The molecule has 0 saturated heterocycles. The van der Waals surface area contributed by atoms with Crippen LogP contribution in [-0.4, -0.2) is 11.2 Å². The van der Waals surface area contributed by atoms with Crippen molar-refractivity contribution in [3.05, 3.63) is 29.6 Å². The molecule has 2 rings (SSSR count). The van der Waals surface area contributed by atoms with E-state index in [0.717, 1.165) is 12.8 Å². The van der Waals surface area contributed by atoms with Gasteiger partial charge in [-0.25, -0.2) is 4.39 Å². The first-order valence-corrected chi connectivity index (χ1v) is 7.10. The van der Waals surface area contributed by atoms with Gasteiger partial charge >= 0.3 is 0 Å². The minimum absolute atomic E-state index is 0.123. The molecule has 1 N–H and O–H groups in total. The Morgan fingerprint density at radius 1 is 1.21 bits per heavy atom. The maximum atomic E-state index is 13.4. The molecular formula is C16H23FO2. The van der Waals surface area contributed by atoms with E-state index in [0.29, 0.717) is 23.1 Å². The van der Waals surface area contributed by atoms with Crippen LogP contribution in [0.5, 0.6) is 5.75 Å². The summed E-state index contributed by atoms with van der Waals surface area (Å²) in [7, 11) is 0. The highest BCUT2D eigenvalue weighted by Crippen LogP contribution is 2.34. The quantitative estimate of drug-likeness (QED) is 0.893. The van der Waals surface area contributed by atoms with Gasteiger partial charge in [0.1, 0.15) is 11.6 Å². The predicted molar refractivity (Wildman–Crippen MR) is 73.6 cm³/mol. The maximum absolute atomic E-state index is 13.4. The zero-order valence-corrected chi connectivity index (χ0v) is 11.9. The van der Waals surface area contributed by atoms with Crippen molar-refractivity contribution in [3.63, 3.8) is 0 Å². The Bertz CT molecular complexity index is 421. The van der Waals surface area contributed by atoms with Gasteiger partial charge in [0.25, 0.3) is 0 Å². The Labute approximate surface area is 114 Å². The molecule has 19 heavy (non-hydrogen) atoms. The van der Waals surface area contributed by atoms with Gasteiger partial charge < -0.3 is 9.84 Å². The minimum Gasteiger partial charge on any atom is -0.490 e. The lowest BCUT2D eigenvalue weighted by Crippen LogP contribution is -2.28. The van der Waals surface area contributed by atoms with Crippen LogP contribution in [0.15, 0.2) is 18.2 Å². The van der Waals surface area contributed by atoms with E-state index in [2.05, 4.69) is 13.8 Å². The Kier molecular flexibility index (Phi) is 4.46. The van der Waals surface area contributed by atoms with Crippen LogP contribution in [0.3, 0.4) is 0 Å². The number of aliphatic hydroxyl groups is 1. The van der Waals surface area contributed by atoms with E-state index in [1.54, 1.807) is 13.0 Å². The van der Waals surface area contributed by atoms with Gasteiger partial charge in [0.15, 0.2) is 0 Å². The molecule has 1 aromatic carbocycles. The molecule has 1 aliphatic rings. The fraction of sp³-hybridized carbons (Fsp3) is 0.625. The van der Waals surface area contributed by atoms with Gasteiger partial charge in [0, 0.05) is 11.6 Å². The smallest absolute Gasteiger partial charge is 0.128 e. The van der Waals surface area contributed by atoms with Gasteiger partial charge in [-0.15, -0.1) is 0 Å². The van der Waals surface area contributed by atoms with Gasteiger partial charge in [-0.05, 0) is 50.2 Å². The summed E-state index contributed by atoms with van der Waals surface area (Å²) in [6.07, 6.45) is 2.71. The standard InChI is InChI=1S/C16H23FO2/c1-10-6-11(2)8-14(7-10)19-16-9-13(17)4-5-15(16)12(3)18/h4-5,9-12,14,18H,6-8H2,1-3H3. The van der Waals surface area contributed by atoms with E-state index in [-0.39, 0.29) is 11.9 Å². The summed E-state index contributed by atoms with van der Waals surface area (Å²) in [6.45, 7) is 6.13. The van der Waals surface area contributed by atoms with Crippen LogP contribution in [-0.2, 0) is 0 Å². The first-order chi connectivity index (χ1) is 8.95. The second kappa shape index (κ2) is 5.91. The SMILES string of the molecule is CC1CC(C)CC(Oc2cc(F)ccc2C(C)O)C1. The van der Waals surface area contributed by atoms with Crippen molar-refractivity contribution in [2.24, 2.45) is 11.8 Å². The normalized spacial score (nSPS) is 29.0. The van der Waals surface area contributed by atoms with Gasteiger partial charge in [-0.2, -0.15) is 0 Å². The number of rotatable bonds is 3. The van der Waals surface area contributed by atoms with Crippen molar-refractivity contribution in [3.8, 4) is 5.75 Å². The van der Waals surface area contributed by atoms with Crippen LogP contribution in [0, 0.1) is 17.7 Å². The lowest BCUT2D eigenvalue weighted by Gasteiger charge is -2.32. The molecule has 1 saturated carbocycles. The molecular weight excluding hydrogens is 243 g/mol. The zero-order valence-electron chi connectivity index (χ0n) is 11.9. The molecule has 3 unspecified atom stereocenters. The third kappa shape index (κ3) is 3.69. The third-order valence-electron chi connectivity index (χ3n) is 3.85. The Balaban J connectivity index is 2.15. The molecule has 1 aliphatic carbocycles. The van der Waals surface area contributed by atoms with Gasteiger partial charge in [0.2, 0.25) is 0 Å². The van der Waals surface area contributed by atoms with Crippen LogP contribution in [0.25, 0.3) is 0 Å². The van der Waals surface area contributed by atoms with E-state index in [1.807, 2.05) is 0 Å². The summed E-state index contributed by atoms with van der Waals surface area (Å²) >= 11 is 0. The van der Waals surface area contributed by atoms with Crippen molar-refractivity contribution < 1.29 is 14.2 Å². The van der Waals surface area contributed by atoms with E-state index in [1.165, 1.54) is 18.6 Å². The van der Waals surface area contributed by atoms with E-state index >= 15 is 0 Å².